The van der Waals surface area contributed by atoms with Crippen LogP contribution in [0.4, 0.5) is 11.4 Å². The van der Waals surface area contributed by atoms with Gasteiger partial charge in [0.25, 0.3) is 0 Å². The standard InChI is InChI=1S/C21H32N4O4S/c1-15(2)25-14-16(12-20(25)26)21(27)22-18-13-17(8-9-19(18)23(3)4)30(28,29)24-10-6-5-7-11-24/h8-9,13,15-16H,5-7,10-12,14H2,1-4H3,(H,22,27). The second-order valence-electron chi connectivity index (χ2n) is 8.57. The molecule has 0 spiro atoms. The molecule has 2 saturated heterocycles. The Hall–Kier alpha value is -2.13. The zero-order valence-electron chi connectivity index (χ0n) is 18.2. The van der Waals surface area contributed by atoms with Crippen LogP contribution in [-0.4, -0.2) is 69.2 Å². The zero-order chi connectivity index (χ0) is 22.1. The monoisotopic (exact) mass is 436 g/mol. The van der Waals surface area contributed by atoms with Gasteiger partial charge in [-0.1, -0.05) is 6.42 Å². The maximum atomic E-state index is 13.1. The molecule has 2 aliphatic heterocycles. The molecule has 1 N–H and O–H groups in total. The third-order valence-corrected chi connectivity index (χ3v) is 7.71. The molecular weight excluding hydrogens is 404 g/mol. The third-order valence-electron chi connectivity index (χ3n) is 5.81. The Morgan fingerprint density at radius 1 is 1.17 bits per heavy atom. The Balaban J connectivity index is 1.85. The van der Waals surface area contributed by atoms with E-state index >= 15 is 0 Å². The highest BCUT2D eigenvalue weighted by Gasteiger charge is 2.36. The molecule has 0 radical (unpaired) electrons. The highest BCUT2D eigenvalue weighted by molar-refractivity contribution is 7.89. The minimum absolute atomic E-state index is 0.0283. The lowest BCUT2D eigenvalue weighted by Crippen LogP contribution is -2.35. The van der Waals surface area contributed by atoms with Gasteiger partial charge in [0.05, 0.1) is 22.2 Å². The quantitative estimate of drug-likeness (QED) is 0.738. The molecule has 2 heterocycles. The first kappa shape index (κ1) is 22.6. The van der Waals surface area contributed by atoms with Gasteiger partial charge in [-0.25, -0.2) is 8.42 Å². The summed E-state index contributed by atoms with van der Waals surface area (Å²) in [5, 5.41) is 2.89. The lowest BCUT2D eigenvalue weighted by molar-refractivity contribution is -0.129. The first-order valence-corrected chi connectivity index (χ1v) is 12.0. The van der Waals surface area contributed by atoms with E-state index in [1.807, 2.05) is 32.8 Å². The van der Waals surface area contributed by atoms with Gasteiger partial charge in [0.2, 0.25) is 21.8 Å². The maximum absolute atomic E-state index is 13.1. The minimum Gasteiger partial charge on any atom is -0.376 e. The predicted molar refractivity (Wildman–Crippen MR) is 117 cm³/mol. The zero-order valence-corrected chi connectivity index (χ0v) is 19.0. The molecule has 1 atom stereocenters. The van der Waals surface area contributed by atoms with Gasteiger partial charge in [-0.15, -0.1) is 0 Å². The van der Waals surface area contributed by atoms with Crippen LogP contribution >= 0.6 is 0 Å². The summed E-state index contributed by atoms with van der Waals surface area (Å²) in [7, 11) is 0.0640. The molecule has 8 nitrogen and oxygen atoms in total. The fourth-order valence-electron chi connectivity index (χ4n) is 4.06. The van der Waals surface area contributed by atoms with Crippen LogP contribution < -0.4 is 10.2 Å². The summed E-state index contributed by atoms with van der Waals surface area (Å²) in [6.07, 6.45) is 2.94. The number of benzene rings is 1. The topological polar surface area (TPSA) is 90.0 Å². The first-order chi connectivity index (χ1) is 14.1. The normalized spacial score (nSPS) is 20.6. The molecule has 1 aromatic rings. The van der Waals surface area contributed by atoms with Crippen LogP contribution in [0, 0.1) is 5.92 Å². The van der Waals surface area contributed by atoms with Crippen LogP contribution in [0.15, 0.2) is 23.1 Å². The number of amides is 2. The molecule has 0 saturated carbocycles. The Morgan fingerprint density at radius 3 is 2.40 bits per heavy atom. The number of nitrogens with one attached hydrogen (secondary N) is 1. The van der Waals surface area contributed by atoms with E-state index in [0.717, 1.165) is 19.3 Å². The van der Waals surface area contributed by atoms with Gasteiger partial charge >= 0.3 is 0 Å². The van der Waals surface area contributed by atoms with Crippen LogP contribution in [0.5, 0.6) is 0 Å². The van der Waals surface area contributed by atoms with E-state index in [4.69, 9.17) is 0 Å². The highest BCUT2D eigenvalue weighted by Crippen LogP contribution is 2.31. The smallest absolute Gasteiger partial charge is 0.243 e. The molecule has 0 aromatic heterocycles. The summed E-state index contributed by atoms with van der Waals surface area (Å²) >= 11 is 0. The summed E-state index contributed by atoms with van der Waals surface area (Å²) in [5.41, 5.74) is 1.16. The number of likely N-dealkylation sites (tertiary alicyclic amines) is 1. The van der Waals surface area contributed by atoms with Gasteiger partial charge in [-0.05, 0) is 44.9 Å². The summed E-state index contributed by atoms with van der Waals surface area (Å²) in [6.45, 7) is 5.28. The number of rotatable bonds is 6. The fourth-order valence-corrected chi connectivity index (χ4v) is 5.60. The van der Waals surface area contributed by atoms with Crippen molar-refractivity contribution in [2.45, 2.75) is 50.5 Å². The number of hydrogen-bond acceptors (Lipinski definition) is 5. The highest BCUT2D eigenvalue weighted by atomic mass is 32.2. The van der Waals surface area contributed by atoms with Crippen molar-refractivity contribution in [3.05, 3.63) is 18.2 Å². The van der Waals surface area contributed by atoms with Crippen LogP contribution in [0.25, 0.3) is 0 Å². The SMILES string of the molecule is CC(C)N1CC(C(=O)Nc2cc(S(=O)(=O)N3CCCCC3)ccc2N(C)C)CC1=O. The van der Waals surface area contributed by atoms with Crippen molar-refractivity contribution in [3.63, 3.8) is 0 Å². The van der Waals surface area contributed by atoms with Crippen molar-refractivity contribution >= 4 is 33.2 Å². The van der Waals surface area contributed by atoms with Gasteiger partial charge < -0.3 is 15.1 Å². The van der Waals surface area contributed by atoms with Gasteiger partial charge in [0.15, 0.2) is 0 Å². The molecule has 0 aliphatic carbocycles. The number of hydrogen-bond donors (Lipinski definition) is 1. The van der Waals surface area contributed by atoms with Crippen molar-refractivity contribution in [3.8, 4) is 0 Å². The van der Waals surface area contributed by atoms with Gasteiger partial charge in [0.1, 0.15) is 0 Å². The van der Waals surface area contributed by atoms with E-state index in [0.29, 0.717) is 31.0 Å². The predicted octanol–water partition coefficient (Wildman–Crippen LogP) is 2.12. The molecule has 2 amide bonds. The van der Waals surface area contributed by atoms with E-state index < -0.39 is 15.9 Å². The molecule has 1 aromatic carbocycles. The molecule has 9 heteroatoms. The number of carbonyl (C=O) groups excluding carboxylic acids is 2. The van der Waals surface area contributed by atoms with Gasteiger partial charge in [-0.2, -0.15) is 4.31 Å². The van der Waals surface area contributed by atoms with E-state index in [1.165, 1.54) is 10.4 Å². The minimum atomic E-state index is -3.61. The summed E-state index contributed by atoms with van der Waals surface area (Å²) < 4.78 is 27.7. The lowest BCUT2D eigenvalue weighted by atomic mass is 10.1. The summed E-state index contributed by atoms with van der Waals surface area (Å²) in [6, 6.07) is 4.89. The third kappa shape index (κ3) is 4.62. The average molecular weight is 437 g/mol. The first-order valence-electron chi connectivity index (χ1n) is 10.5. The van der Waals surface area contributed by atoms with Gasteiger partial charge in [0, 0.05) is 46.2 Å². The van der Waals surface area contributed by atoms with Crippen molar-refractivity contribution in [1.82, 2.24) is 9.21 Å². The number of nitrogens with zero attached hydrogens (tertiary/aromatic N) is 3. The van der Waals surface area contributed by atoms with Crippen molar-refractivity contribution in [1.29, 1.82) is 0 Å². The van der Waals surface area contributed by atoms with Crippen LogP contribution in [0.2, 0.25) is 0 Å². The second-order valence-corrected chi connectivity index (χ2v) is 10.5. The number of piperidine rings is 1. The molecule has 0 bridgehead atoms. The van der Waals surface area contributed by atoms with Crippen LogP contribution in [0.3, 0.4) is 0 Å². The Bertz CT molecular complexity index is 908. The summed E-state index contributed by atoms with van der Waals surface area (Å²) in [4.78, 5) is 28.8. The Kier molecular flexibility index (Phi) is 6.71. The van der Waals surface area contributed by atoms with Crippen LogP contribution in [0.1, 0.15) is 39.5 Å². The second kappa shape index (κ2) is 8.93. The van der Waals surface area contributed by atoms with E-state index in [1.54, 1.807) is 17.0 Å². The van der Waals surface area contributed by atoms with E-state index in [2.05, 4.69) is 5.32 Å². The molecule has 3 rings (SSSR count). The Labute approximate surface area is 179 Å². The van der Waals surface area contributed by atoms with Crippen LogP contribution in [-0.2, 0) is 19.6 Å². The molecular formula is C21H32N4O4S. The fraction of sp³-hybridized carbons (Fsp3) is 0.619. The lowest BCUT2D eigenvalue weighted by Gasteiger charge is -2.27. The number of sulfonamides is 1. The number of anilines is 2. The Morgan fingerprint density at radius 2 is 1.83 bits per heavy atom. The molecule has 2 fully saturated rings. The number of carbonyl (C=O) groups is 2. The average Bonchev–Trinajstić information content (AvgIpc) is 3.10. The largest absolute Gasteiger partial charge is 0.376 e. The van der Waals surface area contributed by atoms with E-state index in [-0.39, 0.29) is 29.2 Å². The molecule has 166 valence electrons. The maximum Gasteiger partial charge on any atom is 0.243 e. The van der Waals surface area contributed by atoms with E-state index in [9.17, 15) is 18.0 Å². The van der Waals surface area contributed by atoms with Crippen molar-refractivity contribution < 1.29 is 18.0 Å². The summed E-state index contributed by atoms with van der Waals surface area (Å²) in [5.74, 6) is -0.737. The molecule has 2 aliphatic rings. The van der Waals surface area contributed by atoms with Crippen molar-refractivity contribution in [2.24, 2.45) is 5.92 Å². The van der Waals surface area contributed by atoms with Crippen molar-refractivity contribution in [2.75, 3.05) is 43.9 Å². The molecule has 1 unspecified atom stereocenters. The molecule has 30 heavy (non-hydrogen) atoms. The van der Waals surface area contributed by atoms with Gasteiger partial charge in [-0.3, -0.25) is 9.59 Å².